The van der Waals surface area contributed by atoms with Crippen LogP contribution in [0.5, 0.6) is 5.75 Å². The molecule has 1 aliphatic heterocycles. The zero-order chi connectivity index (χ0) is 21.2. The second-order valence-electron chi connectivity index (χ2n) is 7.68. The van der Waals surface area contributed by atoms with Crippen LogP contribution in [0.2, 0.25) is 0 Å². The lowest BCUT2D eigenvalue weighted by Crippen LogP contribution is -2.45. The van der Waals surface area contributed by atoms with Gasteiger partial charge in [-0.25, -0.2) is 0 Å². The molecule has 160 valence electrons. The molecule has 0 aromatic heterocycles. The lowest BCUT2D eigenvalue weighted by molar-refractivity contribution is 0.0642. The van der Waals surface area contributed by atoms with Gasteiger partial charge in [0.2, 0.25) is 0 Å². The average Bonchev–Trinajstić information content (AvgIpc) is 2.92. The molecule has 0 aliphatic carbocycles. The number of hydrogen-bond donors (Lipinski definition) is 2. The Labute approximate surface area is 182 Å². The van der Waals surface area contributed by atoms with Crippen molar-refractivity contribution < 1.29 is 19.1 Å². The first kappa shape index (κ1) is 23.4. The standard InChI is InChI=1S/C22H25N3O4.ClH/c1-4-29-18-10-9-14(11-17(18)19(26)24-13-22(2,3)23)12-25-20(27)15-7-5-6-8-16(15)21(25)28;/h5-11H,4,12-13,23H2,1-3H3,(H,24,26);1H. The van der Waals surface area contributed by atoms with E-state index in [1.165, 1.54) is 4.90 Å². The number of amides is 3. The van der Waals surface area contributed by atoms with Crippen LogP contribution in [0.3, 0.4) is 0 Å². The van der Waals surface area contributed by atoms with Gasteiger partial charge in [0.25, 0.3) is 17.7 Å². The number of hydrogen-bond acceptors (Lipinski definition) is 5. The van der Waals surface area contributed by atoms with E-state index in [1.807, 2.05) is 20.8 Å². The Morgan fingerprint density at radius 1 is 1.10 bits per heavy atom. The van der Waals surface area contributed by atoms with Gasteiger partial charge >= 0.3 is 0 Å². The Hall–Kier alpha value is -2.90. The number of nitrogens with one attached hydrogen (secondary N) is 1. The highest BCUT2D eigenvalue weighted by molar-refractivity contribution is 6.21. The highest BCUT2D eigenvalue weighted by Gasteiger charge is 2.35. The monoisotopic (exact) mass is 431 g/mol. The van der Waals surface area contributed by atoms with Crippen LogP contribution in [0.1, 0.15) is 57.4 Å². The van der Waals surface area contributed by atoms with Crippen molar-refractivity contribution in [2.24, 2.45) is 5.73 Å². The Balaban J connectivity index is 0.00000320. The lowest BCUT2D eigenvalue weighted by Gasteiger charge is -2.20. The van der Waals surface area contributed by atoms with Crippen LogP contribution in [0.15, 0.2) is 42.5 Å². The molecular weight excluding hydrogens is 406 g/mol. The minimum absolute atomic E-state index is 0. The zero-order valence-corrected chi connectivity index (χ0v) is 18.0. The Kier molecular flexibility index (Phi) is 7.23. The molecule has 7 nitrogen and oxygen atoms in total. The van der Waals surface area contributed by atoms with E-state index >= 15 is 0 Å². The predicted octanol–water partition coefficient (Wildman–Crippen LogP) is 2.77. The van der Waals surface area contributed by atoms with Gasteiger partial charge in [0.15, 0.2) is 0 Å². The van der Waals surface area contributed by atoms with Crippen LogP contribution < -0.4 is 15.8 Å². The molecule has 30 heavy (non-hydrogen) atoms. The van der Waals surface area contributed by atoms with Crippen molar-refractivity contribution in [3.05, 3.63) is 64.7 Å². The van der Waals surface area contributed by atoms with Crippen LogP contribution in [0.4, 0.5) is 0 Å². The summed E-state index contributed by atoms with van der Waals surface area (Å²) >= 11 is 0. The topological polar surface area (TPSA) is 102 Å². The normalized spacial score (nSPS) is 13.0. The van der Waals surface area contributed by atoms with Gasteiger partial charge in [-0.15, -0.1) is 12.4 Å². The number of rotatable bonds is 7. The maximum atomic E-state index is 12.7. The zero-order valence-electron chi connectivity index (χ0n) is 17.2. The van der Waals surface area contributed by atoms with Gasteiger partial charge in [0.05, 0.1) is 29.8 Å². The van der Waals surface area contributed by atoms with Gasteiger partial charge < -0.3 is 15.8 Å². The number of carbonyl (C=O) groups excluding carboxylic acids is 3. The summed E-state index contributed by atoms with van der Waals surface area (Å²) in [7, 11) is 0. The van der Waals surface area contributed by atoms with Crippen LogP contribution in [-0.4, -0.2) is 41.3 Å². The van der Waals surface area contributed by atoms with Crippen LogP contribution in [0, 0.1) is 0 Å². The summed E-state index contributed by atoms with van der Waals surface area (Å²) in [5, 5.41) is 2.80. The number of carbonyl (C=O) groups is 3. The molecule has 2 aromatic carbocycles. The molecule has 1 heterocycles. The smallest absolute Gasteiger partial charge is 0.261 e. The third-order valence-corrected chi connectivity index (χ3v) is 4.51. The van der Waals surface area contributed by atoms with Crippen LogP contribution in [0.25, 0.3) is 0 Å². The van der Waals surface area contributed by atoms with E-state index in [1.54, 1.807) is 42.5 Å². The van der Waals surface area contributed by atoms with Crippen molar-refractivity contribution in [3.8, 4) is 5.75 Å². The number of nitrogens with two attached hydrogens (primary N) is 1. The molecule has 0 spiro atoms. The van der Waals surface area contributed by atoms with E-state index in [4.69, 9.17) is 10.5 Å². The predicted molar refractivity (Wildman–Crippen MR) is 116 cm³/mol. The molecule has 3 N–H and O–H groups in total. The van der Waals surface area contributed by atoms with E-state index in [2.05, 4.69) is 5.32 Å². The second-order valence-corrected chi connectivity index (χ2v) is 7.68. The fourth-order valence-electron chi connectivity index (χ4n) is 3.10. The number of benzene rings is 2. The third-order valence-electron chi connectivity index (χ3n) is 4.51. The summed E-state index contributed by atoms with van der Waals surface area (Å²) in [6, 6.07) is 11.8. The molecule has 0 atom stereocenters. The molecule has 0 radical (unpaired) electrons. The van der Waals surface area contributed by atoms with E-state index < -0.39 is 5.54 Å². The second kappa shape index (κ2) is 9.28. The summed E-state index contributed by atoms with van der Waals surface area (Å²) in [5.41, 5.74) is 7.17. The van der Waals surface area contributed by atoms with Crippen molar-refractivity contribution in [1.29, 1.82) is 0 Å². The summed E-state index contributed by atoms with van der Waals surface area (Å²) in [6.07, 6.45) is 0. The number of fused-ring (bicyclic) bond motifs is 1. The van der Waals surface area contributed by atoms with Crippen molar-refractivity contribution >= 4 is 30.1 Å². The van der Waals surface area contributed by atoms with Crippen molar-refractivity contribution in [2.75, 3.05) is 13.2 Å². The van der Waals surface area contributed by atoms with Gasteiger partial charge in [-0.1, -0.05) is 18.2 Å². The fraction of sp³-hybridized carbons (Fsp3) is 0.318. The minimum atomic E-state index is -0.556. The highest BCUT2D eigenvalue weighted by Crippen LogP contribution is 2.26. The molecular formula is C22H26ClN3O4. The maximum absolute atomic E-state index is 12.7. The number of imide groups is 1. The lowest BCUT2D eigenvalue weighted by atomic mass is 10.1. The molecule has 0 saturated heterocycles. The van der Waals surface area contributed by atoms with E-state index in [0.717, 1.165) is 0 Å². The van der Waals surface area contributed by atoms with Gasteiger partial charge in [0, 0.05) is 12.1 Å². The number of halogens is 1. The van der Waals surface area contributed by atoms with Crippen LogP contribution >= 0.6 is 12.4 Å². The average molecular weight is 432 g/mol. The summed E-state index contributed by atoms with van der Waals surface area (Å²) < 4.78 is 5.57. The van der Waals surface area contributed by atoms with E-state index in [9.17, 15) is 14.4 Å². The first-order valence-electron chi connectivity index (χ1n) is 9.49. The Morgan fingerprint density at radius 3 is 2.23 bits per heavy atom. The first-order valence-corrected chi connectivity index (χ1v) is 9.49. The molecule has 0 saturated carbocycles. The molecule has 8 heteroatoms. The van der Waals surface area contributed by atoms with Crippen molar-refractivity contribution in [1.82, 2.24) is 10.2 Å². The van der Waals surface area contributed by atoms with Gasteiger partial charge in [-0.05, 0) is 50.6 Å². The van der Waals surface area contributed by atoms with Gasteiger partial charge in [0.1, 0.15) is 5.75 Å². The molecule has 0 fully saturated rings. The highest BCUT2D eigenvalue weighted by atomic mass is 35.5. The largest absolute Gasteiger partial charge is 0.493 e. The Morgan fingerprint density at radius 2 is 1.70 bits per heavy atom. The SMILES string of the molecule is CCOc1ccc(CN2C(=O)c3ccccc3C2=O)cc1C(=O)NCC(C)(C)N.Cl. The molecule has 3 amide bonds. The third kappa shape index (κ3) is 4.98. The molecule has 3 rings (SSSR count). The molecule has 1 aliphatic rings. The number of ether oxygens (including phenoxy) is 1. The summed E-state index contributed by atoms with van der Waals surface area (Å²) in [6.45, 7) is 6.23. The van der Waals surface area contributed by atoms with Gasteiger partial charge in [-0.3, -0.25) is 19.3 Å². The van der Waals surface area contributed by atoms with Crippen molar-refractivity contribution in [3.63, 3.8) is 0 Å². The molecule has 0 bridgehead atoms. The first-order chi connectivity index (χ1) is 13.7. The quantitative estimate of drug-likeness (QED) is 0.656. The summed E-state index contributed by atoms with van der Waals surface area (Å²) in [4.78, 5) is 39.1. The molecule has 0 unspecified atom stereocenters. The minimum Gasteiger partial charge on any atom is -0.493 e. The number of nitrogens with zero attached hydrogens (tertiary/aromatic N) is 1. The van der Waals surface area contributed by atoms with E-state index in [-0.39, 0.29) is 36.7 Å². The van der Waals surface area contributed by atoms with E-state index in [0.29, 0.717) is 41.2 Å². The fourth-order valence-corrected chi connectivity index (χ4v) is 3.10. The van der Waals surface area contributed by atoms with Crippen molar-refractivity contribution in [2.45, 2.75) is 32.9 Å². The summed E-state index contributed by atoms with van der Waals surface area (Å²) in [5.74, 6) is -0.562. The van der Waals surface area contributed by atoms with Gasteiger partial charge in [-0.2, -0.15) is 0 Å². The molecule has 2 aromatic rings. The Bertz CT molecular complexity index is 934. The maximum Gasteiger partial charge on any atom is 0.261 e. The van der Waals surface area contributed by atoms with Crippen LogP contribution in [-0.2, 0) is 6.54 Å².